The molecule has 1 aromatic carbocycles. The van der Waals surface area contributed by atoms with E-state index in [1.165, 1.54) is 6.92 Å². The van der Waals surface area contributed by atoms with Crippen LogP contribution in [0.2, 0.25) is 0 Å². The molecule has 1 fully saturated rings. The molecule has 6 nitrogen and oxygen atoms in total. The largest absolute Gasteiger partial charge is 0.497 e. The second kappa shape index (κ2) is 7.53. The lowest BCUT2D eigenvalue weighted by molar-refractivity contribution is -0.150. The Morgan fingerprint density at radius 1 is 1.38 bits per heavy atom. The molecule has 0 bridgehead atoms. The molecule has 128 valence electrons. The van der Waals surface area contributed by atoms with Gasteiger partial charge in [-0.1, -0.05) is 6.07 Å². The number of nitrogens with zero attached hydrogens (tertiary/aromatic N) is 1. The molecule has 1 aliphatic rings. The summed E-state index contributed by atoms with van der Waals surface area (Å²) in [6, 6.07) is 4.50. The number of imide groups is 1. The van der Waals surface area contributed by atoms with E-state index in [9.17, 15) is 14.4 Å². The van der Waals surface area contributed by atoms with Crippen LogP contribution in [0.4, 0.5) is 4.79 Å². The molecule has 0 N–H and O–H groups in total. The summed E-state index contributed by atoms with van der Waals surface area (Å²) in [4.78, 5) is 37.6. The zero-order chi connectivity index (χ0) is 17.9. The van der Waals surface area contributed by atoms with Crippen LogP contribution in [-0.2, 0) is 14.3 Å². The zero-order valence-corrected chi connectivity index (χ0v) is 14.8. The molecule has 1 atom stereocenters. The van der Waals surface area contributed by atoms with Crippen molar-refractivity contribution in [2.45, 2.75) is 26.8 Å². The van der Waals surface area contributed by atoms with Crippen LogP contribution in [0.1, 0.15) is 25.0 Å². The number of hydrogen-bond acceptors (Lipinski definition) is 6. The van der Waals surface area contributed by atoms with E-state index in [1.807, 2.05) is 19.1 Å². The Morgan fingerprint density at radius 2 is 2.08 bits per heavy atom. The first-order valence-corrected chi connectivity index (χ1v) is 8.29. The molecule has 0 spiro atoms. The van der Waals surface area contributed by atoms with Crippen molar-refractivity contribution in [2.24, 2.45) is 0 Å². The molecule has 7 heteroatoms. The van der Waals surface area contributed by atoms with Crippen molar-refractivity contribution in [1.29, 1.82) is 0 Å². The minimum atomic E-state index is -0.944. The minimum Gasteiger partial charge on any atom is -0.497 e. The second-order valence-corrected chi connectivity index (χ2v) is 6.20. The zero-order valence-electron chi connectivity index (χ0n) is 14.0. The fraction of sp³-hybridized carbons (Fsp3) is 0.353. The van der Waals surface area contributed by atoms with Crippen LogP contribution in [0, 0.1) is 6.92 Å². The van der Waals surface area contributed by atoms with Gasteiger partial charge < -0.3 is 9.47 Å². The number of amides is 2. The molecular formula is C17H19NO5S. The summed E-state index contributed by atoms with van der Waals surface area (Å²) >= 11 is 0.819. The fourth-order valence-corrected chi connectivity index (χ4v) is 3.16. The molecule has 0 saturated carbocycles. The standard InChI is InChI=1S/C17H19NO5S/c1-5-23-16(20)11(3)18-15(19)14(24-17(18)21)9-12-6-7-13(22-4)8-10(12)2/h6-9,11H,5H2,1-4H3. The molecule has 2 amide bonds. The van der Waals surface area contributed by atoms with Gasteiger partial charge in [-0.25, -0.2) is 4.79 Å². The summed E-state index contributed by atoms with van der Waals surface area (Å²) in [5.41, 5.74) is 1.73. The first-order valence-electron chi connectivity index (χ1n) is 7.47. The van der Waals surface area contributed by atoms with Gasteiger partial charge in [0.2, 0.25) is 0 Å². The highest BCUT2D eigenvalue weighted by atomic mass is 32.2. The lowest BCUT2D eigenvalue weighted by Gasteiger charge is -2.19. The van der Waals surface area contributed by atoms with Crippen LogP contribution in [-0.4, -0.2) is 41.8 Å². The third-order valence-corrected chi connectivity index (χ3v) is 4.49. The van der Waals surface area contributed by atoms with Crippen molar-refractivity contribution in [1.82, 2.24) is 4.90 Å². The van der Waals surface area contributed by atoms with E-state index in [0.717, 1.165) is 27.8 Å². The summed E-state index contributed by atoms with van der Waals surface area (Å²) in [6.07, 6.45) is 1.65. The summed E-state index contributed by atoms with van der Waals surface area (Å²) in [5, 5.41) is -0.474. The second-order valence-electron chi connectivity index (χ2n) is 5.20. The van der Waals surface area contributed by atoms with Crippen molar-refractivity contribution in [3.05, 3.63) is 34.2 Å². The van der Waals surface area contributed by atoms with Crippen LogP contribution >= 0.6 is 11.8 Å². The highest BCUT2D eigenvalue weighted by Gasteiger charge is 2.41. The van der Waals surface area contributed by atoms with Crippen LogP contribution < -0.4 is 4.74 Å². The number of hydrogen-bond donors (Lipinski definition) is 0. The first-order chi connectivity index (χ1) is 11.4. The number of carbonyl (C=O) groups is 3. The molecule has 0 radical (unpaired) electrons. The van der Waals surface area contributed by atoms with E-state index in [2.05, 4.69) is 0 Å². The van der Waals surface area contributed by atoms with Gasteiger partial charge in [0.05, 0.1) is 18.6 Å². The van der Waals surface area contributed by atoms with Gasteiger partial charge in [0, 0.05) is 0 Å². The monoisotopic (exact) mass is 349 g/mol. The number of methoxy groups -OCH3 is 1. The number of ether oxygens (including phenoxy) is 2. The SMILES string of the molecule is CCOC(=O)C(C)N1C(=O)SC(=Cc2ccc(OC)cc2C)C1=O. The number of benzene rings is 1. The molecule has 1 aliphatic heterocycles. The molecular weight excluding hydrogens is 330 g/mol. The predicted octanol–water partition coefficient (Wildman–Crippen LogP) is 2.99. The van der Waals surface area contributed by atoms with Crippen molar-refractivity contribution in [2.75, 3.05) is 13.7 Å². The third kappa shape index (κ3) is 3.62. The van der Waals surface area contributed by atoms with Crippen LogP contribution in [0.5, 0.6) is 5.75 Å². The number of esters is 1. The Morgan fingerprint density at radius 3 is 2.67 bits per heavy atom. The number of rotatable bonds is 5. The molecule has 1 heterocycles. The molecule has 24 heavy (non-hydrogen) atoms. The average molecular weight is 349 g/mol. The van der Waals surface area contributed by atoms with Gasteiger partial charge in [-0.3, -0.25) is 14.5 Å². The van der Waals surface area contributed by atoms with Gasteiger partial charge in [-0.15, -0.1) is 0 Å². The highest BCUT2D eigenvalue weighted by Crippen LogP contribution is 2.34. The van der Waals surface area contributed by atoms with Gasteiger partial charge in [0.25, 0.3) is 11.1 Å². The lowest BCUT2D eigenvalue weighted by atomic mass is 10.1. The minimum absolute atomic E-state index is 0.195. The Balaban J connectivity index is 2.26. The first kappa shape index (κ1) is 18.1. The van der Waals surface area contributed by atoms with Gasteiger partial charge in [-0.2, -0.15) is 0 Å². The van der Waals surface area contributed by atoms with Gasteiger partial charge in [0.15, 0.2) is 0 Å². The molecule has 2 rings (SSSR count). The summed E-state index contributed by atoms with van der Waals surface area (Å²) in [5.74, 6) is -0.365. The molecule has 0 aromatic heterocycles. The lowest BCUT2D eigenvalue weighted by Crippen LogP contribution is -2.42. The topological polar surface area (TPSA) is 72.9 Å². The van der Waals surface area contributed by atoms with E-state index in [0.29, 0.717) is 5.75 Å². The molecule has 1 aromatic rings. The normalized spacial score (nSPS) is 17.3. The Labute approximate surface area is 144 Å². The van der Waals surface area contributed by atoms with Crippen LogP contribution in [0.3, 0.4) is 0 Å². The fourth-order valence-electron chi connectivity index (χ4n) is 2.26. The number of carbonyl (C=O) groups excluding carboxylic acids is 3. The highest BCUT2D eigenvalue weighted by molar-refractivity contribution is 8.18. The van der Waals surface area contributed by atoms with Gasteiger partial charge >= 0.3 is 5.97 Å². The third-order valence-electron chi connectivity index (χ3n) is 3.60. The van der Waals surface area contributed by atoms with Crippen molar-refractivity contribution >= 4 is 35.0 Å². The predicted molar refractivity (Wildman–Crippen MR) is 91.6 cm³/mol. The quantitative estimate of drug-likeness (QED) is 0.601. The Bertz CT molecular complexity index is 713. The summed E-state index contributed by atoms with van der Waals surface area (Å²) < 4.78 is 10.0. The maximum atomic E-state index is 12.5. The smallest absolute Gasteiger partial charge is 0.329 e. The van der Waals surface area contributed by atoms with Crippen molar-refractivity contribution in [3.63, 3.8) is 0 Å². The Kier molecular flexibility index (Phi) is 5.66. The van der Waals surface area contributed by atoms with E-state index in [1.54, 1.807) is 26.2 Å². The summed E-state index contributed by atoms with van der Waals surface area (Å²) in [7, 11) is 1.58. The number of thioether (sulfide) groups is 1. The van der Waals surface area contributed by atoms with E-state index in [4.69, 9.17) is 9.47 Å². The maximum Gasteiger partial charge on any atom is 0.329 e. The molecule has 1 saturated heterocycles. The van der Waals surface area contributed by atoms with Gasteiger partial charge in [0.1, 0.15) is 11.8 Å². The van der Waals surface area contributed by atoms with Crippen molar-refractivity contribution < 1.29 is 23.9 Å². The molecule has 1 unspecified atom stereocenters. The van der Waals surface area contributed by atoms with Crippen LogP contribution in [0.15, 0.2) is 23.1 Å². The maximum absolute atomic E-state index is 12.5. The van der Waals surface area contributed by atoms with E-state index in [-0.39, 0.29) is 11.5 Å². The van der Waals surface area contributed by atoms with E-state index >= 15 is 0 Å². The van der Waals surface area contributed by atoms with Crippen LogP contribution in [0.25, 0.3) is 6.08 Å². The van der Waals surface area contributed by atoms with Gasteiger partial charge in [-0.05, 0) is 61.9 Å². The van der Waals surface area contributed by atoms with E-state index < -0.39 is 23.2 Å². The average Bonchev–Trinajstić information content (AvgIpc) is 2.82. The Hall–Kier alpha value is -2.28. The van der Waals surface area contributed by atoms with Crippen molar-refractivity contribution in [3.8, 4) is 5.75 Å². The molecule has 0 aliphatic carbocycles. The summed E-state index contributed by atoms with van der Waals surface area (Å²) in [6.45, 7) is 5.24. The number of aryl methyl sites for hydroxylation is 1.